The van der Waals surface area contributed by atoms with Gasteiger partial charge < -0.3 is 14.0 Å². The van der Waals surface area contributed by atoms with Crippen molar-refractivity contribution >= 4 is 61.5 Å². The lowest BCUT2D eigenvalue weighted by molar-refractivity contribution is -0.114. The summed E-state index contributed by atoms with van der Waals surface area (Å²) in [5.74, 6) is -0.133. The third kappa shape index (κ3) is 4.15. The quantitative estimate of drug-likeness (QED) is 0.456. The van der Waals surface area contributed by atoms with Crippen molar-refractivity contribution in [1.29, 1.82) is 5.41 Å². The van der Waals surface area contributed by atoms with Crippen molar-refractivity contribution in [2.75, 3.05) is 20.0 Å². The second-order valence-electron chi connectivity index (χ2n) is 7.63. The number of carbonyl (C=O) groups excluding carboxylic acids is 1. The van der Waals surface area contributed by atoms with Crippen LogP contribution in [0.2, 0.25) is 5.02 Å². The number of nitrogens with zero attached hydrogens (tertiary/aromatic N) is 4. The van der Waals surface area contributed by atoms with E-state index in [4.69, 9.17) is 26.5 Å². The Kier molecular flexibility index (Phi) is 6.56. The maximum absolute atomic E-state index is 12.8. The normalized spacial score (nSPS) is 17.0. The highest BCUT2D eigenvalue weighted by molar-refractivity contribution is 8.16. The summed E-state index contributed by atoms with van der Waals surface area (Å²) < 4.78 is 41.6. The Morgan fingerprint density at radius 1 is 1.17 bits per heavy atom. The van der Waals surface area contributed by atoms with Gasteiger partial charge in [0.15, 0.2) is 0 Å². The van der Waals surface area contributed by atoms with Crippen molar-refractivity contribution in [3.63, 3.8) is 0 Å². The summed E-state index contributed by atoms with van der Waals surface area (Å²) in [5.41, 5.74) is 2.83. The van der Waals surface area contributed by atoms with Crippen LogP contribution in [0.4, 0.5) is 0 Å². The van der Waals surface area contributed by atoms with E-state index in [2.05, 4.69) is 9.39 Å². The number of ether oxygens (including phenoxy) is 2. The molecule has 13 heteroatoms. The van der Waals surface area contributed by atoms with Crippen molar-refractivity contribution in [3.05, 3.63) is 45.7 Å². The molecule has 0 saturated carbocycles. The first kappa shape index (κ1) is 25.0. The molecule has 0 unspecified atom stereocenters. The number of aromatic nitrogens is 1. The number of methoxy groups -OCH3 is 2. The van der Waals surface area contributed by atoms with Crippen LogP contribution in [-0.4, -0.2) is 59.9 Å². The zero-order valence-electron chi connectivity index (χ0n) is 19.5. The molecule has 0 bridgehead atoms. The standard InChI is InChI=1S/C22H22ClN5O5S2/c1-6-35(30,31)22-26-34-21-25-20(29)14(19(24)28(21)22)8-13-7-11(2)27(12(13)3)16-9-15(23)17(32-4)10-18(16)33-5/h7-10,24H,6H2,1-5H3/b14-8-,24-19?. The first-order valence-corrected chi connectivity index (χ1v) is 13.2. The Morgan fingerprint density at radius 2 is 1.86 bits per heavy atom. The van der Waals surface area contributed by atoms with Crippen molar-refractivity contribution < 1.29 is 22.7 Å². The molecule has 0 atom stereocenters. The fourth-order valence-corrected chi connectivity index (χ4v) is 6.01. The summed E-state index contributed by atoms with van der Waals surface area (Å²) in [6, 6.07) is 5.25. The molecule has 2 aliphatic heterocycles. The van der Waals surface area contributed by atoms with Crippen LogP contribution < -0.4 is 9.47 Å². The van der Waals surface area contributed by atoms with Crippen molar-refractivity contribution in [2.45, 2.75) is 20.8 Å². The van der Waals surface area contributed by atoms with Gasteiger partial charge in [-0.3, -0.25) is 10.2 Å². The van der Waals surface area contributed by atoms with Crippen LogP contribution in [-0.2, 0) is 14.6 Å². The number of hydrogen-bond donors (Lipinski definition) is 1. The van der Waals surface area contributed by atoms with E-state index in [1.165, 1.54) is 20.1 Å². The van der Waals surface area contributed by atoms with E-state index >= 15 is 0 Å². The molecular formula is C22H22ClN5O5S2. The lowest BCUT2D eigenvalue weighted by atomic mass is 10.1. The van der Waals surface area contributed by atoms with E-state index in [9.17, 15) is 13.2 Å². The maximum atomic E-state index is 12.8. The fourth-order valence-electron chi connectivity index (χ4n) is 3.81. The highest BCUT2D eigenvalue weighted by atomic mass is 35.5. The Labute approximate surface area is 211 Å². The van der Waals surface area contributed by atoms with Crippen LogP contribution in [0.25, 0.3) is 11.8 Å². The van der Waals surface area contributed by atoms with Crippen LogP contribution in [0.1, 0.15) is 23.9 Å². The van der Waals surface area contributed by atoms with E-state index < -0.39 is 15.7 Å². The van der Waals surface area contributed by atoms with Gasteiger partial charge in [0, 0.05) is 17.5 Å². The fraction of sp³-hybridized carbons (Fsp3) is 0.273. The molecule has 35 heavy (non-hydrogen) atoms. The largest absolute Gasteiger partial charge is 0.495 e. The summed E-state index contributed by atoms with van der Waals surface area (Å²) >= 11 is 7.13. The van der Waals surface area contributed by atoms with E-state index in [0.717, 1.165) is 28.2 Å². The number of amidine groups is 3. The van der Waals surface area contributed by atoms with Gasteiger partial charge in [0.2, 0.25) is 20.2 Å². The highest BCUT2D eigenvalue weighted by Crippen LogP contribution is 2.37. The van der Waals surface area contributed by atoms with Gasteiger partial charge in [-0.2, -0.15) is 9.39 Å². The third-order valence-corrected chi connectivity index (χ3v) is 8.32. The minimum absolute atomic E-state index is 0.0461. The molecule has 0 radical (unpaired) electrons. The predicted octanol–water partition coefficient (Wildman–Crippen LogP) is 3.78. The van der Waals surface area contributed by atoms with E-state index in [1.807, 2.05) is 24.5 Å². The maximum Gasteiger partial charge on any atom is 0.283 e. The Morgan fingerprint density at radius 3 is 2.49 bits per heavy atom. The minimum atomic E-state index is -3.73. The number of sulfone groups is 1. The molecule has 0 aliphatic carbocycles. The second kappa shape index (κ2) is 9.17. The molecular weight excluding hydrogens is 514 g/mol. The number of benzene rings is 1. The van der Waals surface area contributed by atoms with Crippen molar-refractivity contribution in [1.82, 2.24) is 9.47 Å². The van der Waals surface area contributed by atoms with E-state index in [-0.39, 0.29) is 27.5 Å². The molecule has 1 N–H and O–H groups in total. The number of hydrogen-bond acceptors (Lipinski definition) is 8. The Bertz CT molecular complexity index is 1470. The molecule has 10 nitrogen and oxygen atoms in total. The smallest absolute Gasteiger partial charge is 0.283 e. The zero-order valence-corrected chi connectivity index (χ0v) is 21.9. The van der Waals surface area contributed by atoms with Crippen molar-refractivity contribution in [3.8, 4) is 17.2 Å². The second-order valence-corrected chi connectivity index (χ2v) is 10.9. The van der Waals surface area contributed by atoms with Gasteiger partial charge in [-0.1, -0.05) is 18.5 Å². The van der Waals surface area contributed by atoms with E-state index in [1.54, 1.807) is 19.2 Å². The number of aryl methyl sites for hydroxylation is 1. The van der Waals surface area contributed by atoms with Crippen LogP contribution in [0.15, 0.2) is 33.2 Å². The number of fused-ring (bicyclic) bond motifs is 1. The molecule has 4 rings (SSSR count). The highest BCUT2D eigenvalue weighted by Gasteiger charge is 2.42. The van der Waals surface area contributed by atoms with Crippen molar-refractivity contribution in [2.24, 2.45) is 9.39 Å². The average Bonchev–Trinajstić information content (AvgIpc) is 3.37. The van der Waals surface area contributed by atoms with Gasteiger partial charge in [-0.15, -0.1) is 0 Å². The number of amides is 1. The van der Waals surface area contributed by atoms with Gasteiger partial charge in [-0.05, 0) is 37.6 Å². The monoisotopic (exact) mass is 535 g/mol. The molecule has 0 saturated heterocycles. The molecule has 3 heterocycles. The number of carbonyl (C=O) groups is 1. The third-order valence-electron chi connectivity index (χ3n) is 5.62. The van der Waals surface area contributed by atoms with Crippen LogP contribution in [0.3, 0.4) is 0 Å². The summed E-state index contributed by atoms with van der Waals surface area (Å²) in [6.45, 7) is 5.22. The molecule has 1 aromatic heterocycles. The first-order valence-electron chi connectivity index (χ1n) is 10.4. The van der Waals surface area contributed by atoms with Gasteiger partial charge in [-0.25, -0.2) is 13.3 Å². The lowest BCUT2D eigenvalue weighted by Gasteiger charge is -2.24. The molecule has 1 aromatic carbocycles. The Hall–Kier alpha value is -3.09. The molecule has 184 valence electrons. The summed E-state index contributed by atoms with van der Waals surface area (Å²) in [7, 11) is -0.670. The Balaban J connectivity index is 1.81. The summed E-state index contributed by atoms with van der Waals surface area (Å²) in [6.07, 6.45) is 1.53. The lowest BCUT2D eigenvalue weighted by Crippen LogP contribution is -2.45. The summed E-state index contributed by atoms with van der Waals surface area (Å²) in [5, 5.41) is 8.76. The molecule has 1 amide bonds. The molecule has 2 aromatic rings. The average molecular weight is 536 g/mol. The predicted molar refractivity (Wildman–Crippen MR) is 138 cm³/mol. The van der Waals surface area contributed by atoms with Gasteiger partial charge in [0.05, 0.1) is 48.2 Å². The molecule has 0 fully saturated rings. The number of rotatable bonds is 5. The first-order chi connectivity index (χ1) is 16.5. The number of aliphatic imine (C=N–C) groups is 1. The minimum Gasteiger partial charge on any atom is -0.495 e. The molecule has 2 aliphatic rings. The molecule has 0 spiro atoms. The van der Waals surface area contributed by atoms with Gasteiger partial charge in [0.25, 0.3) is 5.91 Å². The SMILES string of the molecule is CCS(=O)(=O)C1=NSC2=NC(=O)/C(=C\c3cc(C)n(-c4cc(Cl)c(OC)cc4OC)c3C)C(=N)N21. The van der Waals surface area contributed by atoms with Crippen LogP contribution in [0.5, 0.6) is 11.5 Å². The van der Waals surface area contributed by atoms with Crippen LogP contribution >= 0.6 is 23.5 Å². The van der Waals surface area contributed by atoms with Gasteiger partial charge >= 0.3 is 0 Å². The van der Waals surface area contributed by atoms with E-state index in [0.29, 0.717) is 27.8 Å². The number of halogens is 1. The topological polar surface area (TPSA) is 126 Å². The number of nitrogens with one attached hydrogen (secondary N) is 1. The zero-order chi connectivity index (χ0) is 25.7. The summed E-state index contributed by atoms with van der Waals surface area (Å²) in [4.78, 5) is 17.8. The van der Waals surface area contributed by atoms with Crippen LogP contribution in [0, 0.1) is 19.3 Å². The van der Waals surface area contributed by atoms with Gasteiger partial charge in [0.1, 0.15) is 17.3 Å².